The van der Waals surface area contributed by atoms with Crippen LogP contribution in [0.1, 0.15) is 30.5 Å². The van der Waals surface area contributed by atoms with Gasteiger partial charge in [-0.25, -0.2) is 8.78 Å². The van der Waals surface area contributed by atoms with E-state index in [0.717, 1.165) is 43.6 Å². The van der Waals surface area contributed by atoms with Crippen molar-refractivity contribution in [2.24, 2.45) is 7.05 Å². The zero-order valence-electron chi connectivity index (χ0n) is 13.7. The molecule has 24 heavy (non-hydrogen) atoms. The number of aryl methyl sites for hydroxylation is 1. The van der Waals surface area contributed by atoms with Crippen molar-refractivity contribution < 1.29 is 8.78 Å². The third kappa shape index (κ3) is 3.62. The minimum Gasteiger partial charge on any atom is -0.369 e. The number of nitrogens with zero attached hydrogens (tertiary/aromatic N) is 3. The molecule has 1 saturated heterocycles. The number of halogens is 3. The Kier molecular flexibility index (Phi) is 5.50. The Morgan fingerprint density at radius 1 is 1.21 bits per heavy atom. The number of aromatic nitrogens is 2. The second-order valence-corrected chi connectivity index (χ2v) is 6.93. The largest absolute Gasteiger partial charge is 0.369 e. The van der Waals surface area contributed by atoms with Gasteiger partial charge in [-0.1, -0.05) is 15.9 Å². The molecule has 0 unspecified atom stereocenters. The van der Waals surface area contributed by atoms with Crippen molar-refractivity contribution in [2.75, 3.05) is 18.0 Å². The Hall–Kier alpha value is -1.47. The molecular weight excluding hydrogens is 378 g/mol. The van der Waals surface area contributed by atoms with Crippen molar-refractivity contribution in [3.63, 3.8) is 0 Å². The molecule has 1 N–H and O–H groups in total. The number of nitrogens with one attached hydrogen (secondary N) is 1. The summed E-state index contributed by atoms with van der Waals surface area (Å²) < 4.78 is 30.8. The zero-order valence-corrected chi connectivity index (χ0v) is 15.2. The third-order valence-electron chi connectivity index (χ3n) is 4.45. The van der Waals surface area contributed by atoms with Gasteiger partial charge in [0.2, 0.25) is 0 Å². The van der Waals surface area contributed by atoms with Gasteiger partial charge in [0.25, 0.3) is 0 Å². The Balaban J connectivity index is 1.82. The van der Waals surface area contributed by atoms with Crippen molar-refractivity contribution in [1.29, 1.82) is 0 Å². The highest BCUT2D eigenvalue weighted by Crippen LogP contribution is 2.34. The molecule has 1 aromatic carbocycles. The summed E-state index contributed by atoms with van der Waals surface area (Å²) in [6.07, 6.45) is 4.90. The molecule has 0 amide bonds. The smallest absolute Gasteiger partial charge is 0.182 e. The number of piperidine rings is 1. The lowest BCUT2D eigenvalue weighted by molar-refractivity contribution is 0.492. The summed E-state index contributed by atoms with van der Waals surface area (Å²) in [4.78, 5) is 1.97. The normalized spacial score (nSPS) is 15.1. The molecule has 4 nitrogen and oxygen atoms in total. The predicted molar refractivity (Wildman–Crippen MR) is 93.9 cm³/mol. The summed E-state index contributed by atoms with van der Waals surface area (Å²) in [5.41, 5.74) is 2.19. The molecule has 1 aliphatic heterocycles. The minimum atomic E-state index is -0.808. The summed E-state index contributed by atoms with van der Waals surface area (Å²) in [5.74, 6) is -1.56. The van der Waals surface area contributed by atoms with Gasteiger partial charge in [0, 0.05) is 49.5 Å². The van der Waals surface area contributed by atoms with E-state index in [-0.39, 0.29) is 0 Å². The molecule has 1 aliphatic rings. The standard InChI is InChI=1S/C17H21BrF2N4/c1-23-12(5-6-22-23)10-21-11-13-14(18)9-15(19)16(20)17(13)24-7-3-2-4-8-24/h5-6,9,21H,2-4,7-8,10-11H2,1H3. The highest BCUT2D eigenvalue weighted by atomic mass is 79.9. The molecule has 2 aromatic rings. The van der Waals surface area contributed by atoms with Crippen LogP contribution in [0.25, 0.3) is 0 Å². The van der Waals surface area contributed by atoms with Gasteiger partial charge in [-0.05, 0) is 31.4 Å². The van der Waals surface area contributed by atoms with Gasteiger partial charge in [0.05, 0.1) is 11.4 Å². The van der Waals surface area contributed by atoms with Crippen LogP contribution in [-0.2, 0) is 20.1 Å². The summed E-state index contributed by atoms with van der Waals surface area (Å²) in [5, 5.41) is 7.43. The quantitative estimate of drug-likeness (QED) is 0.778. The maximum absolute atomic E-state index is 14.5. The van der Waals surface area contributed by atoms with Gasteiger partial charge in [-0.3, -0.25) is 4.68 Å². The highest BCUT2D eigenvalue weighted by molar-refractivity contribution is 9.10. The van der Waals surface area contributed by atoms with Crippen molar-refractivity contribution in [3.8, 4) is 0 Å². The van der Waals surface area contributed by atoms with E-state index in [2.05, 4.69) is 26.3 Å². The van der Waals surface area contributed by atoms with E-state index in [1.807, 2.05) is 18.0 Å². The van der Waals surface area contributed by atoms with E-state index in [0.29, 0.717) is 23.2 Å². The lowest BCUT2D eigenvalue weighted by atomic mass is 10.1. The molecule has 1 fully saturated rings. The lowest BCUT2D eigenvalue weighted by Gasteiger charge is -2.31. The fraction of sp³-hybridized carbons (Fsp3) is 0.471. The first-order valence-electron chi connectivity index (χ1n) is 8.17. The van der Waals surface area contributed by atoms with Gasteiger partial charge >= 0.3 is 0 Å². The maximum Gasteiger partial charge on any atom is 0.182 e. The van der Waals surface area contributed by atoms with Crippen LogP contribution in [0.15, 0.2) is 22.8 Å². The van der Waals surface area contributed by atoms with Crippen molar-refractivity contribution in [3.05, 3.63) is 45.7 Å². The average molecular weight is 399 g/mol. The molecule has 1 aromatic heterocycles. The molecule has 130 valence electrons. The topological polar surface area (TPSA) is 33.1 Å². The van der Waals surface area contributed by atoms with E-state index < -0.39 is 11.6 Å². The van der Waals surface area contributed by atoms with Crippen LogP contribution in [-0.4, -0.2) is 22.9 Å². The fourth-order valence-corrected chi connectivity index (χ4v) is 3.66. The maximum atomic E-state index is 14.5. The first-order valence-corrected chi connectivity index (χ1v) is 8.96. The van der Waals surface area contributed by atoms with Crippen LogP contribution in [0.4, 0.5) is 14.5 Å². The van der Waals surface area contributed by atoms with Crippen LogP contribution in [0, 0.1) is 11.6 Å². The van der Waals surface area contributed by atoms with Crippen LogP contribution < -0.4 is 10.2 Å². The Morgan fingerprint density at radius 2 is 1.96 bits per heavy atom. The van der Waals surface area contributed by atoms with E-state index in [1.165, 1.54) is 6.07 Å². The van der Waals surface area contributed by atoms with E-state index in [4.69, 9.17) is 0 Å². The van der Waals surface area contributed by atoms with Crippen LogP contribution in [0.3, 0.4) is 0 Å². The second kappa shape index (κ2) is 7.61. The second-order valence-electron chi connectivity index (χ2n) is 6.08. The fourth-order valence-electron chi connectivity index (χ4n) is 3.13. The van der Waals surface area contributed by atoms with Crippen molar-refractivity contribution in [1.82, 2.24) is 15.1 Å². The Morgan fingerprint density at radius 3 is 2.62 bits per heavy atom. The highest BCUT2D eigenvalue weighted by Gasteiger charge is 2.23. The molecule has 0 radical (unpaired) electrons. The summed E-state index contributed by atoms with van der Waals surface area (Å²) >= 11 is 3.40. The van der Waals surface area contributed by atoms with Gasteiger partial charge in [-0.15, -0.1) is 0 Å². The first kappa shape index (κ1) is 17.4. The van der Waals surface area contributed by atoms with Gasteiger partial charge < -0.3 is 10.2 Å². The van der Waals surface area contributed by atoms with Gasteiger partial charge in [0.1, 0.15) is 0 Å². The van der Waals surface area contributed by atoms with E-state index in [1.54, 1.807) is 10.9 Å². The number of hydrogen-bond donors (Lipinski definition) is 1. The summed E-state index contributed by atoms with van der Waals surface area (Å²) in [6.45, 7) is 2.60. The Labute approximate surface area is 149 Å². The monoisotopic (exact) mass is 398 g/mol. The van der Waals surface area contributed by atoms with E-state index in [9.17, 15) is 8.78 Å². The van der Waals surface area contributed by atoms with Crippen LogP contribution in [0.2, 0.25) is 0 Å². The molecule has 0 saturated carbocycles. The Bertz CT molecular complexity index is 711. The number of benzene rings is 1. The SMILES string of the molecule is Cn1nccc1CNCc1c(Br)cc(F)c(F)c1N1CCCCC1. The molecule has 2 heterocycles. The van der Waals surface area contributed by atoms with Gasteiger partial charge in [0.15, 0.2) is 11.6 Å². The van der Waals surface area contributed by atoms with Crippen LogP contribution in [0.5, 0.6) is 0 Å². The predicted octanol–water partition coefficient (Wildman–Crippen LogP) is 3.74. The van der Waals surface area contributed by atoms with Crippen LogP contribution >= 0.6 is 15.9 Å². The minimum absolute atomic E-state index is 0.388. The van der Waals surface area contributed by atoms with Gasteiger partial charge in [-0.2, -0.15) is 5.10 Å². The number of hydrogen-bond acceptors (Lipinski definition) is 3. The molecule has 0 spiro atoms. The molecule has 0 atom stereocenters. The summed E-state index contributed by atoms with van der Waals surface area (Å²) in [7, 11) is 1.88. The van der Waals surface area contributed by atoms with Crippen molar-refractivity contribution >= 4 is 21.6 Å². The first-order chi connectivity index (χ1) is 11.6. The van der Waals surface area contributed by atoms with E-state index >= 15 is 0 Å². The number of anilines is 1. The summed E-state index contributed by atoms with van der Waals surface area (Å²) in [6, 6.07) is 3.14. The molecular formula is C17H21BrF2N4. The molecule has 3 rings (SSSR count). The average Bonchev–Trinajstić information content (AvgIpc) is 2.98. The molecule has 0 bridgehead atoms. The van der Waals surface area contributed by atoms with Crippen molar-refractivity contribution in [2.45, 2.75) is 32.4 Å². The third-order valence-corrected chi connectivity index (χ3v) is 5.16. The zero-order chi connectivity index (χ0) is 17.1. The lowest BCUT2D eigenvalue weighted by Crippen LogP contribution is -2.32. The molecule has 7 heteroatoms. The number of rotatable bonds is 5. The molecule has 0 aliphatic carbocycles.